The standard InChI is InChI=1S/C13H18F3N.C2H6/c1-9-7-11(5-3-4-6-17)8-12(10(9)2)13(14,15)16;1-2/h7-8H,3-6,17H2,1-2H3;1-2H3. The molecule has 110 valence electrons. The molecule has 1 rings (SSSR count). The van der Waals surface area contributed by atoms with Gasteiger partial charge in [-0.1, -0.05) is 19.9 Å². The van der Waals surface area contributed by atoms with E-state index in [0.29, 0.717) is 24.1 Å². The minimum absolute atomic E-state index is 0.320. The van der Waals surface area contributed by atoms with Gasteiger partial charge < -0.3 is 5.73 Å². The second-order valence-electron chi connectivity index (χ2n) is 4.33. The lowest BCUT2D eigenvalue weighted by Gasteiger charge is -2.14. The Hall–Kier alpha value is -1.03. The first-order chi connectivity index (χ1) is 8.86. The molecular formula is C15H24F3N. The second kappa shape index (κ2) is 8.20. The third kappa shape index (κ3) is 5.64. The maximum atomic E-state index is 12.8. The first-order valence-electron chi connectivity index (χ1n) is 6.73. The Kier molecular flexibility index (Phi) is 7.76. The van der Waals surface area contributed by atoms with Crippen LogP contribution >= 0.6 is 0 Å². The molecule has 0 aromatic heterocycles. The Bertz CT molecular complexity index is 384. The summed E-state index contributed by atoms with van der Waals surface area (Å²) in [5, 5.41) is 0. The van der Waals surface area contributed by atoms with Gasteiger partial charge in [-0.05, 0) is 62.4 Å². The number of benzene rings is 1. The largest absolute Gasteiger partial charge is 0.416 e. The molecule has 0 spiro atoms. The van der Waals surface area contributed by atoms with Crippen LogP contribution in [0.3, 0.4) is 0 Å². The van der Waals surface area contributed by atoms with Gasteiger partial charge in [-0.15, -0.1) is 0 Å². The van der Waals surface area contributed by atoms with Crippen molar-refractivity contribution in [2.45, 2.75) is 53.1 Å². The molecular weight excluding hydrogens is 251 g/mol. The number of nitrogens with two attached hydrogens (primary N) is 1. The number of aryl methyl sites for hydroxylation is 2. The van der Waals surface area contributed by atoms with E-state index in [2.05, 4.69) is 0 Å². The number of rotatable bonds is 4. The topological polar surface area (TPSA) is 26.0 Å². The molecule has 1 nitrogen and oxygen atoms in total. The molecule has 0 aliphatic heterocycles. The van der Waals surface area contributed by atoms with Gasteiger partial charge in [0.15, 0.2) is 0 Å². The average Bonchev–Trinajstić information content (AvgIpc) is 2.35. The van der Waals surface area contributed by atoms with Crippen molar-refractivity contribution in [2.24, 2.45) is 5.73 Å². The van der Waals surface area contributed by atoms with Crippen LogP contribution in [0.4, 0.5) is 13.2 Å². The lowest BCUT2D eigenvalue weighted by Crippen LogP contribution is -2.09. The lowest BCUT2D eigenvalue weighted by atomic mass is 9.96. The van der Waals surface area contributed by atoms with Crippen molar-refractivity contribution in [2.75, 3.05) is 6.54 Å². The molecule has 1 aromatic carbocycles. The van der Waals surface area contributed by atoms with Crippen LogP contribution in [0.2, 0.25) is 0 Å². The summed E-state index contributed by atoms with van der Waals surface area (Å²) in [6, 6.07) is 3.10. The van der Waals surface area contributed by atoms with Gasteiger partial charge in [0.05, 0.1) is 5.56 Å². The van der Waals surface area contributed by atoms with E-state index in [9.17, 15) is 13.2 Å². The number of hydrogen-bond donors (Lipinski definition) is 1. The predicted octanol–water partition coefficient (Wildman–Crippen LogP) is 4.63. The van der Waals surface area contributed by atoms with Crippen molar-refractivity contribution in [1.29, 1.82) is 0 Å². The third-order valence-electron chi connectivity index (χ3n) is 2.95. The molecule has 19 heavy (non-hydrogen) atoms. The highest BCUT2D eigenvalue weighted by molar-refractivity contribution is 5.39. The average molecular weight is 275 g/mol. The quantitative estimate of drug-likeness (QED) is 0.797. The molecule has 0 saturated carbocycles. The van der Waals surface area contributed by atoms with E-state index in [4.69, 9.17) is 5.73 Å². The van der Waals surface area contributed by atoms with Crippen LogP contribution < -0.4 is 5.73 Å². The molecule has 2 N–H and O–H groups in total. The summed E-state index contributed by atoms with van der Waals surface area (Å²) in [6.07, 6.45) is -1.94. The zero-order valence-electron chi connectivity index (χ0n) is 12.2. The van der Waals surface area contributed by atoms with Crippen molar-refractivity contribution in [1.82, 2.24) is 0 Å². The molecule has 0 aliphatic rings. The van der Waals surface area contributed by atoms with Crippen molar-refractivity contribution in [3.05, 3.63) is 34.4 Å². The van der Waals surface area contributed by atoms with Crippen molar-refractivity contribution < 1.29 is 13.2 Å². The van der Waals surface area contributed by atoms with Crippen LogP contribution in [0.25, 0.3) is 0 Å². The fraction of sp³-hybridized carbons (Fsp3) is 0.600. The lowest BCUT2D eigenvalue weighted by molar-refractivity contribution is -0.138. The highest BCUT2D eigenvalue weighted by atomic mass is 19.4. The minimum atomic E-state index is -4.27. The number of unbranched alkanes of at least 4 members (excludes halogenated alkanes) is 1. The van der Waals surface area contributed by atoms with Crippen LogP contribution in [-0.2, 0) is 12.6 Å². The number of halogens is 3. The molecule has 0 unspecified atom stereocenters. The summed E-state index contributed by atoms with van der Waals surface area (Å²) in [4.78, 5) is 0. The Morgan fingerprint density at radius 3 is 2.11 bits per heavy atom. The fourth-order valence-electron chi connectivity index (χ4n) is 1.85. The van der Waals surface area contributed by atoms with E-state index in [1.807, 2.05) is 19.9 Å². The van der Waals surface area contributed by atoms with Crippen molar-refractivity contribution >= 4 is 0 Å². The van der Waals surface area contributed by atoms with E-state index in [1.165, 1.54) is 13.0 Å². The van der Waals surface area contributed by atoms with E-state index in [1.54, 1.807) is 6.92 Å². The maximum absolute atomic E-state index is 12.8. The SMILES string of the molecule is CC.Cc1cc(CCCCN)cc(C(F)(F)F)c1C. The van der Waals surface area contributed by atoms with Crippen LogP contribution in [0, 0.1) is 13.8 Å². The Balaban J connectivity index is 0.00000154. The zero-order chi connectivity index (χ0) is 15.1. The van der Waals surface area contributed by atoms with Crippen LogP contribution in [0.15, 0.2) is 12.1 Å². The Morgan fingerprint density at radius 1 is 1.05 bits per heavy atom. The highest BCUT2D eigenvalue weighted by Crippen LogP contribution is 2.34. The first kappa shape index (κ1) is 18.0. The van der Waals surface area contributed by atoms with Crippen molar-refractivity contribution in [3.63, 3.8) is 0 Å². The second-order valence-corrected chi connectivity index (χ2v) is 4.33. The Morgan fingerprint density at radius 2 is 1.63 bits per heavy atom. The number of alkyl halides is 3. The highest BCUT2D eigenvalue weighted by Gasteiger charge is 2.33. The molecule has 0 heterocycles. The normalized spacial score (nSPS) is 10.9. The smallest absolute Gasteiger partial charge is 0.330 e. The molecule has 0 radical (unpaired) electrons. The van der Waals surface area contributed by atoms with Crippen molar-refractivity contribution in [3.8, 4) is 0 Å². The van der Waals surface area contributed by atoms with Gasteiger partial charge in [0.2, 0.25) is 0 Å². The molecule has 1 aromatic rings. The van der Waals surface area contributed by atoms with Crippen LogP contribution in [0.5, 0.6) is 0 Å². The minimum Gasteiger partial charge on any atom is -0.330 e. The van der Waals surface area contributed by atoms with E-state index >= 15 is 0 Å². The van der Waals surface area contributed by atoms with Gasteiger partial charge >= 0.3 is 6.18 Å². The summed E-state index contributed by atoms with van der Waals surface area (Å²) >= 11 is 0. The van der Waals surface area contributed by atoms with Gasteiger partial charge in [0, 0.05) is 0 Å². The summed E-state index contributed by atoms with van der Waals surface area (Å²) in [5.74, 6) is 0. The monoisotopic (exact) mass is 275 g/mol. The van der Waals surface area contributed by atoms with Gasteiger partial charge in [-0.2, -0.15) is 13.2 Å². The first-order valence-corrected chi connectivity index (χ1v) is 6.73. The Labute approximate surface area is 114 Å². The molecule has 0 atom stereocenters. The van der Waals surface area contributed by atoms with Crippen LogP contribution in [0.1, 0.15) is 48.9 Å². The summed E-state index contributed by atoms with van der Waals surface area (Å²) in [6.45, 7) is 7.82. The summed E-state index contributed by atoms with van der Waals surface area (Å²) < 4.78 is 38.3. The third-order valence-corrected chi connectivity index (χ3v) is 2.95. The van der Waals surface area contributed by atoms with E-state index in [-0.39, 0.29) is 0 Å². The molecule has 4 heteroatoms. The predicted molar refractivity (Wildman–Crippen MR) is 74.3 cm³/mol. The number of hydrogen-bond acceptors (Lipinski definition) is 1. The summed E-state index contributed by atoms with van der Waals surface area (Å²) in [7, 11) is 0. The molecule has 0 saturated heterocycles. The van der Waals surface area contributed by atoms with Gasteiger partial charge in [0.1, 0.15) is 0 Å². The molecule has 0 fully saturated rings. The van der Waals surface area contributed by atoms with Crippen LogP contribution in [-0.4, -0.2) is 6.54 Å². The zero-order valence-corrected chi connectivity index (χ0v) is 12.2. The fourth-order valence-corrected chi connectivity index (χ4v) is 1.85. The molecule has 0 amide bonds. The van der Waals surface area contributed by atoms with Gasteiger partial charge in [0.25, 0.3) is 0 Å². The summed E-state index contributed by atoms with van der Waals surface area (Å²) in [5.41, 5.74) is 6.61. The van der Waals surface area contributed by atoms with Gasteiger partial charge in [-0.25, -0.2) is 0 Å². The maximum Gasteiger partial charge on any atom is 0.416 e. The molecule has 0 aliphatic carbocycles. The van der Waals surface area contributed by atoms with E-state index in [0.717, 1.165) is 18.4 Å². The van der Waals surface area contributed by atoms with Gasteiger partial charge in [-0.3, -0.25) is 0 Å². The van der Waals surface area contributed by atoms with E-state index < -0.39 is 11.7 Å². The molecule has 0 bridgehead atoms.